The highest BCUT2D eigenvalue weighted by Crippen LogP contribution is 2.45. The van der Waals surface area contributed by atoms with E-state index in [1.807, 2.05) is 4.90 Å². The molecule has 0 radical (unpaired) electrons. The van der Waals surface area contributed by atoms with Gasteiger partial charge in [0, 0.05) is 19.2 Å². The summed E-state index contributed by atoms with van der Waals surface area (Å²) in [5.41, 5.74) is 0.952. The second-order valence-electron chi connectivity index (χ2n) is 9.16. The molecule has 1 unspecified atom stereocenters. The first-order chi connectivity index (χ1) is 16.9. The van der Waals surface area contributed by atoms with Crippen LogP contribution in [0.1, 0.15) is 53.1 Å². The first-order valence-electron chi connectivity index (χ1n) is 11.5. The van der Waals surface area contributed by atoms with E-state index in [-0.39, 0.29) is 23.3 Å². The third kappa shape index (κ3) is 7.33. The molecule has 1 aliphatic heterocycles. The van der Waals surface area contributed by atoms with E-state index in [1.165, 1.54) is 24.3 Å². The third-order valence-corrected chi connectivity index (χ3v) is 6.49. The molecule has 2 fully saturated rings. The minimum absolute atomic E-state index is 0.0986. The van der Waals surface area contributed by atoms with Crippen LogP contribution < -0.4 is 14.2 Å². The molecule has 0 bridgehead atoms. The predicted molar refractivity (Wildman–Crippen MR) is 123 cm³/mol. The molecule has 1 amide bonds. The smallest absolute Gasteiger partial charge is 0.489 e. The predicted octanol–water partition coefficient (Wildman–Crippen LogP) is 4.33. The molecule has 2 aromatic rings. The number of carbonyl (C=O) groups is 1. The van der Waals surface area contributed by atoms with Crippen LogP contribution in [0.25, 0.3) is 0 Å². The maximum Gasteiger partial charge on any atom is 0.573 e. The van der Waals surface area contributed by atoms with Crippen molar-refractivity contribution in [3.63, 3.8) is 0 Å². The van der Waals surface area contributed by atoms with Gasteiger partial charge in [-0.2, -0.15) is 0 Å². The highest BCUT2D eigenvalue weighted by atomic mass is 32.2. The summed E-state index contributed by atoms with van der Waals surface area (Å²) >= 11 is 0. The Bertz CT molecular complexity index is 1230. The molecule has 196 valence electrons. The van der Waals surface area contributed by atoms with Crippen molar-refractivity contribution in [3.8, 4) is 11.5 Å². The number of likely N-dealkylation sites (tertiary alicyclic amines) is 1. The van der Waals surface area contributed by atoms with Crippen molar-refractivity contribution in [2.75, 3.05) is 19.3 Å². The molecule has 36 heavy (non-hydrogen) atoms. The fourth-order valence-electron chi connectivity index (χ4n) is 4.32. The number of halogens is 4. The van der Waals surface area contributed by atoms with Gasteiger partial charge in [0.05, 0.1) is 11.8 Å². The zero-order valence-electron chi connectivity index (χ0n) is 19.5. The standard InChI is InChI=1S/C24H26F4N2O5S/c1-36(32,33)29-23(31)20-11-19(16-7-8-16)22(12-21(20)25)34-18-6-3-9-30(14-18)13-15-4-2-5-17(10-15)35-24(26,27)28/h2,4-5,10-12,16,18H,3,6-9,13-14H2,1H3,(H,29,31). The normalized spacial score (nSPS) is 19.1. The molecule has 2 aromatic carbocycles. The van der Waals surface area contributed by atoms with E-state index in [1.54, 1.807) is 10.8 Å². The number of nitrogens with one attached hydrogen (secondary N) is 1. The van der Waals surface area contributed by atoms with Gasteiger partial charge in [-0.15, -0.1) is 13.2 Å². The van der Waals surface area contributed by atoms with Crippen LogP contribution >= 0.6 is 0 Å². The summed E-state index contributed by atoms with van der Waals surface area (Å²) in [6, 6.07) is 8.29. The summed E-state index contributed by atoms with van der Waals surface area (Å²) in [5, 5.41) is 0. The number of alkyl halides is 3. The second-order valence-corrected chi connectivity index (χ2v) is 10.9. The number of hydrogen-bond donors (Lipinski definition) is 1. The summed E-state index contributed by atoms with van der Waals surface area (Å²) < 4.78 is 87.1. The molecule has 0 spiro atoms. The Morgan fingerprint density at radius 2 is 1.92 bits per heavy atom. The number of amides is 1. The van der Waals surface area contributed by atoms with Crippen molar-refractivity contribution < 1.29 is 40.2 Å². The number of piperidine rings is 1. The molecule has 1 N–H and O–H groups in total. The van der Waals surface area contributed by atoms with Gasteiger partial charge < -0.3 is 9.47 Å². The Hall–Kier alpha value is -2.86. The van der Waals surface area contributed by atoms with E-state index < -0.39 is 28.1 Å². The van der Waals surface area contributed by atoms with Gasteiger partial charge in [-0.05, 0) is 67.5 Å². The van der Waals surface area contributed by atoms with E-state index in [0.717, 1.165) is 38.1 Å². The number of sulfonamides is 1. The summed E-state index contributed by atoms with van der Waals surface area (Å²) in [4.78, 5) is 14.3. The first-order valence-corrected chi connectivity index (χ1v) is 13.3. The van der Waals surface area contributed by atoms with Gasteiger partial charge in [-0.3, -0.25) is 9.69 Å². The Kier molecular flexibility index (Phi) is 7.46. The van der Waals surface area contributed by atoms with Crippen LogP contribution in [0, 0.1) is 5.82 Å². The largest absolute Gasteiger partial charge is 0.573 e. The van der Waals surface area contributed by atoms with Crippen molar-refractivity contribution in [1.82, 2.24) is 9.62 Å². The van der Waals surface area contributed by atoms with Gasteiger partial charge in [0.25, 0.3) is 5.91 Å². The van der Waals surface area contributed by atoms with E-state index in [0.29, 0.717) is 36.4 Å². The summed E-state index contributed by atoms with van der Waals surface area (Å²) in [5.74, 6) is -1.79. The van der Waals surface area contributed by atoms with E-state index in [2.05, 4.69) is 4.74 Å². The zero-order chi connectivity index (χ0) is 26.1. The number of ether oxygens (including phenoxy) is 2. The first kappa shape index (κ1) is 26.2. The Labute approximate surface area is 206 Å². The Morgan fingerprint density at radius 1 is 1.17 bits per heavy atom. The fraction of sp³-hybridized carbons (Fsp3) is 0.458. The number of carbonyl (C=O) groups excluding carboxylic acids is 1. The quantitative estimate of drug-likeness (QED) is 0.512. The lowest BCUT2D eigenvalue weighted by Gasteiger charge is -2.33. The van der Waals surface area contributed by atoms with E-state index >= 15 is 0 Å². The number of rotatable bonds is 8. The fourth-order valence-corrected chi connectivity index (χ4v) is 4.76. The zero-order valence-corrected chi connectivity index (χ0v) is 20.3. The van der Waals surface area contributed by atoms with Crippen molar-refractivity contribution in [2.45, 2.75) is 50.6 Å². The molecule has 0 aromatic heterocycles. The van der Waals surface area contributed by atoms with Crippen molar-refractivity contribution in [1.29, 1.82) is 0 Å². The topological polar surface area (TPSA) is 84.9 Å². The van der Waals surface area contributed by atoms with Gasteiger partial charge in [0.2, 0.25) is 10.0 Å². The lowest BCUT2D eigenvalue weighted by atomic mass is 10.0. The minimum atomic E-state index is -4.77. The van der Waals surface area contributed by atoms with Gasteiger partial charge in [-0.1, -0.05) is 12.1 Å². The van der Waals surface area contributed by atoms with Crippen LogP contribution in [0.15, 0.2) is 36.4 Å². The summed E-state index contributed by atoms with van der Waals surface area (Å²) in [6.07, 6.45) is -1.06. The van der Waals surface area contributed by atoms with Gasteiger partial charge in [0.1, 0.15) is 23.4 Å². The van der Waals surface area contributed by atoms with Crippen LogP contribution in [0.3, 0.4) is 0 Å². The average Bonchev–Trinajstić information content (AvgIpc) is 3.57. The lowest BCUT2D eigenvalue weighted by molar-refractivity contribution is -0.274. The molecule has 1 saturated heterocycles. The van der Waals surface area contributed by atoms with Gasteiger partial charge in [0.15, 0.2) is 0 Å². The maximum atomic E-state index is 14.8. The third-order valence-electron chi connectivity index (χ3n) is 5.93. The maximum absolute atomic E-state index is 14.8. The molecule has 1 heterocycles. The number of hydrogen-bond acceptors (Lipinski definition) is 6. The van der Waals surface area contributed by atoms with Crippen molar-refractivity contribution in [2.24, 2.45) is 0 Å². The summed E-state index contributed by atoms with van der Waals surface area (Å²) in [7, 11) is -3.85. The average molecular weight is 531 g/mol. The molecule has 1 atom stereocenters. The molecular weight excluding hydrogens is 504 g/mol. The van der Waals surface area contributed by atoms with Crippen LogP contribution in [-0.4, -0.2) is 51.0 Å². The second kappa shape index (κ2) is 10.3. The lowest BCUT2D eigenvalue weighted by Crippen LogP contribution is -2.40. The van der Waals surface area contributed by atoms with Gasteiger partial charge in [-0.25, -0.2) is 17.5 Å². The van der Waals surface area contributed by atoms with E-state index in [4.69, 9.17) is 4.74 Å². The minimum Gasteiger partial charge on any atom is -0.489 e. The number of benzene rings is 2. The van der Waals surface area contributed by atoms with Crippen molar-refractivity contribution in [3.05, 3.63) is 58.9 Å². The number of nitrogens with zero attached hydrogens (tertiary/aromatic N) is 1. The van der Waals surface area contributed by atoms with Gasteiger partial charge >= 0.3 is 6.36 Å². The molecular formula is C24H26F4N2O5S. The van der Waals surface area contributed by atoms with Crippen LogP contribution in [0.5, 0.6) is 11.5 Å². The molecule has 4 rings (SSSR count). The van der Waals surface area contributed by atoms with Crippen LogP contribution in [0.2, 0.25) is 0 Å². The van der Waals surface area contributed by atoms with Crippen LogP contribution in [-0.2, 0) is 16.6 Å². The Balaban J connectivity index is 1.45. The monoisotopic (exact) mass is 530 g/mol. The molecule has 1 aliphatic carbocycles. The molecule has 1 saturated carbocycles. The van der Waals surface area contributed by atoms with E-state index in [9.17, 15) is 30.8 Å². The molecule has 12 heteroatoms. The highest BCUT2D eigenvalue weighted by molar-refractivity contribution is 7.89. The molecule has 2 aliphatic rings. The summed E-state index contributed by atoms with van der Waals surface area (Å²) in [6.45, 7) is 1.59. The van der Waals surface area contributed by atoms with Crippen LogP contribution in [0.4, 0.5) is 17.6 Å². The molecule has 7 nitrogen and oxygen atoms in total. The Morgan fingerprint density at radius 3 is 2.58 bits per heavy atom. The SMILES string of the molecule is CS(=O)(=O)NC(=O)c1cc(C2CC2)c(OC2CCCN(Cc3cccc(OC(F)(F)F)c3)C2)cc1F. The highest BCUT2D eigenvalue weighted by Gasteiger charge is 2.32. The van der Waals surface area contributed by atoms with Crippen molar-refractivity contribution >= 4 is 15.9 Å².